The maximum Gasteiger partial charge on any atom is 0.0398 e. The molecule has 0 aliphatic carbocycles. The minimum atomic E-state index is 1.23. The minimum absolute atomic E-state index is 1.23. The van der Waals surface area contributed by atoms with Gasteiger partial charge in [0, 0.05) is 18.8 Å². The Bertz CT molecular complexity index is 330. The van der Waals surface area contributed by atoms with Crippen LogP contribution in [0.1, 0.15) is 37.3 Å². The van der Waals surface area contributed by atoms with Gasteiger partial charge in [0.05, 0.1) is 0 Å². The lowest BCUT2D eigenvalue weighted by atomic mass is 9.99. The van der Waals surface area contributed by atoms with Gasteiger partial charge in [-0.05, 0) is 37.8 Å². The first-order chi connectivity index (χ1) is 7.31. The molecule has 0 fully saturated rings. The highest BCUT2D eigenvalue weighted by Crippen LogP contribution is 2.27. The summed E-state index contributed by atoms with van der Waals surface area (Å²) in [6.07, 6.45) is 5.19. The van der Waals surface area contributed by atoms with E-state index in [2.05, 4.69) is 36.9 Å². The fraction of sp³-hybridized carbons (Fsp3) is 0.571. The summed E-state index contributed by atoms with van der Waals surface area (Å²) in [5.41, 5.74) is 4.43. The molecule has 0 radical (unpaired) electrons. The van der Waals surface area contributed by atoms with Gasteiger partial charge >= 0.3 is 0 Å². The maximum atomic E-state index is 2.56. The molecule has 1 aliphatic heterocycles. The van der Waals surface area contributed by atoms with Crippen LogP contribution in [-0.4, -0.2) is 13.1 Å². The Morgan fingerprint density at radius 2 is 2.20 bits per heavy atom. The standard InChI is InChI=1S/C14H21N/c1-3-4-9-15-10-5-6-13-11-12(2)7-8-14(13)15/h7-8,11H,3-6,9-10H2,1-2H3. The maximum absolute atomic E-state index is 2.56. The van der Waals surface area contributed by atoms with E-state index in [0.717, 1.165) is 0 Å². The summed E-state index contributed by atoms with van der Waals surface area (Å²) in [4.78, 5) is 2.56. The highest BCUT2D eigenvalue weighted by atomic mass is 15.1. The fourth-order valence-corrected chi connectivity index (χ4v) is 2.39. The highest BCUT2D eigenvalue weighted by molar-refractivity contribution is 5.56. The van der Waals surface area contributed by atoms with Crippen LogP contribution >= 0.6 is 0 Å². The summed E-state index contributed by atoms with van der Waals surface area (Å²) in [7, 11) is 0. The molecular weight excluding hydrogens is 182 g/mol. The number of anilines is 1. The van der Waals surface area contributed by atoms with Crippen molar-refractivity contribution >= 4 is 5.69 Å². The molecular formula is C14H21N. The van der Waals surface area contributed by atoms with Gasteiger partial charge in [-0.25, -0.2) is 0 Å². The molecule has 1 nitrogen and oxygen atoms in total. The van der Waals surface area contributed by atoms with Gasteiger partial charge in [-0.2, -0.15) is 0 Å². The van der Waals surface area contributed by atoms with Crippen LogP contribution in [0.15, 0.2) is 18.2 Å². The third kappa shape index (κ3) is 2.34. The van der Waals surface area contributed by atoms with Crippen molar-refractivity contribution in [2.45, 2.75) is 39.5 Å². The molecule has 1 heteroatoms. The van der Waals surface area contributed by atoms with Crippen LogP contribution in [0.3, 0.4) is 0 Å². The number of hydrogen-bond acceptors (Lipinski definition) is 1. The first-order valence-corrected chi connectivity index (χ1v) is 6.15. The second kappa shape index (κ2) is 4.69. The number of benzene rings is 1. The normalized spacial score (nSPS) is 15.2. The van der Waals surface area contributed by atoms with Gasteiger partial charge in [0.1, 0.15) is 0 Å². The Labute approximate surface area is 93.1 Å². The fourth-order valence-electron chi connectivity index (χ4n) is 2.39. The number of aryl methyl sites for hydroxylation is 2. The highest BCUT2D eigenvalue weighted by Gasteiger charge is 2.15. The number of unbranched alkanes of at least 4 members (excludes halogenated alkanes) is 1. The number of hydrogen-bond donors (Lipinski definition) is 0. The van der Waals surface area contributed by atoms with E-state index in [1.807, 2.05) is 0 Å². The van der Waals surface area contributed by atoms with Crippen molar-refractivity contribution in [3.8, 4) is 0 Å². The van der Waals surface area contributed by atoms with Crippen molar-refractivity contribution in [2.24, 2.45) is 0 Å². The van der Waals surface area contributed by atoms with Gasteiger partial charge in [0.15, 0.2) is 0 Å². The zero-order valence-electron chi connectivity index (χ0n) is 9.92. The van der Waals surface area contributed by atoms with E-state index in [9.17, 15) is 0 Å². The van der Waals surface area contributed by atoms with Gasteiger partial charge in [-0.3, -0.25) is 0 Å². The summed E-state index contributed by atoms with van der Waals surface area (Å²) >= 11 is 0. The summed E-state index contributed by atoms with van der Waals surface area (Å²) in [6.45, 7) is 6.92. The van der Waals surface area contributed by atoms with Crippen LogP contribution in [0.2, 0.25) is 0 Å². The molecule has 15 heavy (non-hydrogen) atoms. The largest absolute Gasteiger partial charge is 0.371 e. The third-order valence-electron chi connectivity index (χ3n) is 3.23. The van der Waals surface area contributed by atoms with Crippen molar-refractivity contribution < 1.29 is 0 Å². The van der Waals surface area contributed by atoms with Crippen LogP contribution in [0, 0.1) is 6.92 Å². The van der Waals surface area contributed by atoms with Gasteiger partial charge < -0.3 is 4.90 Å². The molecule has 2 rings (SSSR count). The van der Waals surface area contributed by atoms with Crippen molar-refractivity contribution in [3.63, 3.8) is 0 Å². The van der Waals surface area contributed by atoms with E-state index >= 15 is 0 Å². The predicted octanol–water partition coefficient (Wildman–Crippen LogP) is 3.55. The molecule has 0 aromatic heterocycles. The topological polar surface area (TPSA) is 3.24 Å². The molecule has 0 atom stereocenters. The molecule has 0 unspecified atom stereocenters. The van der Waals surface area contributed by atoms with Crippen molar-refractivity contribution in [1.82, 2.24) is 0 Å². The Morgan fingerprint density at radius 3 is 3.00 bits per heavy atom. The van der Waals surface area contributed by atoms with Gasteiger partial charge in [-0.1, -0.05) is 31.0 Å². The Kier molecular flexibility index (Phi) is 3.30. The van der Waals surface area contributed by atoms with Gasteiger partial charge in [0.25, 0.3) is 0 Å². The molecule has 0 saturated heterocycles. The van der Waals surface area contributed by atoms with E-state index in [1.165, 1.54) is 50.0 Å². The number of nitrogens with zero attached hydrogens (tertiary/aromatic N) is 1. The van der Waals surface area contributed by atoms with Crippen LogP contribution in [-0.2, 0) is 6.42 Å². The Balaban J connectivity index is 2.18. The van der Waals surface area contributed by atoms with Crippen molar-refractivity contribution in [1.29, 1.82) is 0 Å². The summed E-state index contributed by atoms with van der Waals surface area (Å²) < 4.78 is 0. The SMILES string of the molecule is CCCCN1CCCc2cc(C)ccc21. The average molecular weight is 203 g/mol. The average Bonchev–Trinajstić information content (AvgIpc) is 2.25. The summed E-state index contributed by atoms with van der Waals surface area (Å²) in [5.74, 6) is 0. The van der Waals surface area contributed by atoms with Crippen LogP contribution < -0.4 is 4.90 Å². The Morgan fingerprint density at radius 1 is 1.33 bits per heavy atom. The van der Waals surface area contributed by atoms with Crippen LogP contribution in [0.4, 0.5) is 5.69 Å². The Hall–Kier alpha value is -0.980. The molecule has 1 aromatic rings. The zero-order chi connectivity index (χ0) is 10.7. The zero-order valence-corrected chi connectivity index (χ0v) is 9.92. The lowest BCUT2D eigenvalue weighted by Crippen LogP contribution is -2.30. The van der Waals surface area contributed by atoms with E-state index in [1.54, 1.807) is 5.56 Å². The lowest BCUT2D eigenvalue weighted by Gasteiger charge is -2.31. The summed E-state index contributed by atoms with van der Waals surface area (Å²) in [5, 5.41) is 0. The second-order valence-corrected chi connectivity index (χ2v) is 4.58. The molecule has 82 valence electrons. The molecule has 0 spiro atoms. The molecule has 0 bridgehead atoms. The minimum Gasteiger partial charge on any atom is -0.371 e. The van der Waals surface area contributed by atoms with Gasteiger partial charge in [0.2, 0.25) is 0 Å². The van der Waals surface area contributed by atoms with E-state index in [0.29, 0.717) is 0 Å². The quantitative estimate of drug-likeness (QED) is 0.726. The second-order valence-electron chi connectivity index (χ2n) is 4.58. The monoisotopic (exact) mass is 203 g/mol. The van der Waals surface area contributed by atoms with E-state index in [4.69, 9.17) is 0 Å². The molecule has 1 aliphatic rings. The number of fused-ring (bicyclic) bond motifs is 1. The molecule has 0 saturated carbocycles. The first kappa shape index (κ1) is 10.5. The predicted molar refractivity (Wildman–Crippen MR) is 66.6 cm³/mol. The van der Waals surface area contributed by atoms with Crippen LogP contribution in [0.25, 0.3) is 0 Å². The van der Waals surface area contributed by atoms with Crippen LogP contribution in [0.5, 0.6) is 0 Å². The summed E-state index contributed by atoms with van der Waals surface area (Å²) in [6, 6.07) is 6.90. The van der Waals surface area contributed by atoms with Gasteiger partial charge in [-0.15, -0.1) is 0 Å². The third-order valence-corrected chi connectivity index (χ3v) is 3.23. The van der Waals surface area contributed by atoms with Crippen molar-refractivity contribution in [2.75, 3.05) is 18.0 Å². The smallest absolute Gasteiger partial charge is 0.0398 e. The number of rotatable bonds is 3. The molecule has 0 N–H and O–H groups in total. The van der Waals surface area contributed by atoms with E-state index < -0.39 is 0 Å². The lowest BCUT2D eigenvalue weighted by molar-refractivity contribution is 0.658. The van der Waals surface area contributed by atoms with Crippen molar-refractivity contribution in [3.05, 3.63) is 29.3 Å². The molecule has 0 amide bonds. The molecule has 1 aromatic carbocycles. The first-order valence-electron chi connectivity index (χ1n) is 6.15. The van der Waals surface area contributed by atoms with E-state index in [-0.39, 0.29) is 0 Å². The molecule has 1 heterocycles.